The Balaban J connectivity index is 2.01. The summed E-state index contributed by atoms with van der Waals surface area (Å²) in [5.74, 6) is 3.27. The summed E-state index contributed by atoms with van der Waals surface area (Å²) in [5.41, 5.74) is 3.28. The Labute approximate surface area is 133 Å². The lowest BCUT2D eigenvalue weighted by atomic mass is 10.2. The van der Waals surface area contributed by atoms with Crippen molar-refractivity contribution < 1.29 is 0 Å². The summed E-state index contributed by atoms with van der Waals surface area (Å²) in [6.07, 6.45) is 2.39. The number of hydrogen-bond acceptors (Lipinski definition) is 4. The second-order valence-electron chi connectivity index (χ2n) is 5.47. The van der Waals surface area contributed by atoms with Crippen molar-refractivity contribution in [2.75, 3.05) is 17.7 Å². The number of halogens is 1. The Morgan fingerprint density at radius 2 is 1.81 bits per heavy atom. The molecule has 0 aliphatic heterocycles. The third-order valence-corrected chi connectivity index (χ3v) is 4.72. The normalized spacial score (nSPS) is 14.1. The molecule has 21 heavy (non-hydrogen) atoms. The molecule has 4 nitrogen and oxygen atoms in total. The van der Waals surface area contributed by atoms with Crippen molar-refractivity contribution in [1.29, 1.82) is 0 Å². The SMILES string of the molecule is CNc1nc(C2CC2)nc(Nc2cccc(Br)c2C)c1C. The van der Waals surface area contributed by atoms with Crippen LogP contribution in [0.1, 0.15) is 35.7 Å². The van der Waals surface area contributed by atoms with Crippen LogP contribution >= 0.6 is 15.9 Å². The number of nitrogens with zero attached hydrogens (tertiary/aromatic N) is 2. The average molecular weight is 347 g/mol. The molecule has 1 saturated carbocycles. The molecule has 1 aliphatic rings. The molecule has 0 bridgehead atoms. The monoisotopic (exact) mass is 346 g/mol. The van der Waals surface area contributed by atoms with E-state index in [1.54, 1.807) is 0 Å². The largest absolute Gasteiger partial charge is 0.373 e. The number of anilines is 3. The van der Waals surface area contributed by atoms with Gasteiger partial charge < -0.3 is 10.6 Å². The van der Waals surface area contributed by atoms with Crippen molar-refractivity contribution in [2.24, 2.45) is 0 Å². The van der Waals surface area contributed by atoms with Crippen LogP contribution in [0.15, 0.2) is 22.7 Å². The number of hydrogen-bond donors (Lipinski definition) is 2. The number of aromatic nitrogens is 2. The fraction of sp³-hybridized carbons (Fsp3) is 0.375. The van der Waals surface area contributed by atoms with E-state index in [-0.39, 0.29) is 0 Å². The molecule has 0 unspecified atom stereocenters. The van der Waals surface area contributed by atoms with Gasteiger partial charge in [-0.15, -0.1) is 0 Å². The molecule has 1 aromatic carbocycles. The molecule has 0 amide bonds. The van der Waals surface area contributed by atoms with Crippen LogP contribution in [0, 0.1) is 13.8 Å². The van der Waals surface area contributed by atoms with Gasteiger partial charge in [0.25, 0.3) is 0 Å². The van der Waals surface area contributed by atoms with Gasteiger partial charge in [0.1, 0.15) is 17.5 Å². The van der Waals surface area contributed by atoms with Crippen molar-refractivity contribution >= 4 is 33.3 Å². The molecule has 0 atom stereocenters. The first kappa shape index (κ1) is 14.3. The van der Waals surface area contributed by atoms with Crippen LogP contribution in [0.4, 0.5) is 17.3 Å². The third kappa shape index (κ3) is 2.88. The van der Waals surface area contributed by atoms with E-state index in [1.165, 1.54) is 18.4 Å². The molecule has 0 spiro atoms. The first-order valence-electron chi connectivity index (χ1n) is 7.18. The highest BCUT2D eigenvalue weighted by Crippen LogP contribution is 2.40. The van der Waals surface area contributed by atoms with Gasteiger partial charge in [0, 0.05) is 28.7 Å². The number of rotatable bonds is 4. The van der Waals surface area contributed by atoms with E-state index in [4.69, 9.17) is 4.98 Å². The summed E-state index contributed by atoms with van der Waals surface area (Å²) < 4.78 is 1.09. The second-order valence-corrected chi connectivity index (χ2v) is 6.32. The third-order valence-electron chi connectivity index (χ3n) is 3.86. The molecule has 1 fully saturated rings. The van der Waals surface area contributed by atoms with Crippen molar-refractivity contribution in [3.05, 3.63) is 39.6 Å². The van der Waals surface area contributed by atoms with Crippen molar-refractivity contribution in [1.82, 2.24) is 9.97 Å². The summed E-state index contributed by atoms with van der Waals surface area (Å²) >= 11 is 3.57. The van der Waals surface area contributed by atoms with E-state index in [0.717, 1.165) is 33.2 Å². The maximum Gasteiger partial charge on any atom is 0.139 e. The van der Waals surface area contributed by atoms with E-state index < -0.39 is 0 Å². The van der Waals surface area contributed by atoms with Crippen molar-refractivity contribution in [2.45, 2.75) is 32.6 Å². The van der Waals surface area contributed by atoms with Crippen LogP contribution in [0.3, 0.4) is 0 Å². The van der Waals surface area contributed by atoms with Gasteiger partial charge in [0.2, 0.25) is 0 Å². The molecule has 0 saturated heterocycles. The van der Waals surface area contributed by atoms with Gasteiger partial charge in [-0.05, 0) is 44.4 Å². The van der Waals surface area contributed by atoms with Crippen LogP contribution in [-0.4, -0.2) is 17.0 Å². The van der Waals surface area contributed by atoms with E-state index in [9.17, 15) is 0 Å². The van der Waals surface area contributed by atoms with Crippen LogP contribution in [0.5, 0.6) is 0 Å². The highest BCUT2D eigenvalue weighted by Gasteiger charge is 2.28. The van der Waals surface area contributed by atoms with E-state index in [2.05, 4.69) is 44.5 Å². The Hall–Kier alpha value is -1.62. The summed E-state index contributed by atoms with van der Waals surface area (Å²) in [6, 6.07) is 6.14. The van der Waals surface area contributed by atoms with E-state index in [1.807, 2.05) is 26.1 Å². The predicted octanol–water partition coefficient (Wildman–Crippen LogP) is 4.52. The summed E-state index contributed by atoms with van der Waals surface area (Å²) in [5, 5.41) is 6.63. The Kier molecular flexibility index (Phi) is 3.85. The van der Waals surface area contributed by atoms with E-state index in [0.29, 0.717) is 5.92 Å². The quantitative estimate of drug-likeness (QED) is 0.854. The van der Waals surface area contributed by atoms with Crippen LogP contribution < -0.4 is 10.6 Å². The van der Waals surface area contributed by atoms with Crippen molar-refractivity contribution in [3.63, 3.8) is 0 Å². The van der Waals surface area contributed by atoms with Gasteiger partial charge in [-0.3, -0.25) is 0 Å². The summed E-state index contributed by atoms with van der Waals surface area (Å²) in [6.45, 7) is 4.13. The molecule has 1 aliphatic carbocycles. The topological polar surface area (TPSA) is 49.8 Å². The van der Waals surface area contributed by atoms with Gasteiger partial charge >= 0.3 is 0 Å². The Morgan fingerprint density at radius 3 is 2.48 bits per heavy atom. The summed E-state index contributed by atoms with van der Waals surface area (Å²) in [7, 11) is 1.90. The first-order valence-corrected chi connectivity index (χ1v) is 7.98. The lowest BCUT2D eigenvalue weighted by Gasteiger charge is -2.15. The molecule has 2 N–H and O–H groups in total. The zero-order valence-electron chi connectivity index (χ0n) is 12.5. The highest BCUT2D eigenvalue weighted by atomic mass is 79.9. The molecular weight excluding hydrogens is 328 g/mol. The molecule has 2 aromatic rings. The van der Waals surface area contributed by atoms with Gasteiger partial charge in [-0.2, -0.15) is 0 Å². The molecule has 1 heterocycles. The maximum atomic E-state index is 4.73. The second kappa shape index (κ2) is 5.64. The zero-order chi connectivity index (χ0) is 15.0. The minimum Gasteiger partial charge on any atom is -0.373 e. The molecule has 1 aromatic heterocycles. The number of nitrogens with one attached hydrogen (secondary N) is 2. The van der Waals surface area contributed by atoms with Gasteiger partial charge in [0.05, 0.1) is 0 Å². The van der Waals surface area contributed by atoms with Crippen molar-refractivity contribution in [3.8, 4) is 0 Å². The lowest BCUT2D eigenvalue weighted by molar-refractivity contribution is 0.923. The highest BCUT2D eigenvalue weighted by molar-refractivity contribution is 9.10. The molecule has 3 rings (SSSR count). The van der Waals surface area contributed by atoms with Crippen LogP contribution in [0.25, 0.3) is 0 Å². The molecule has 5 heteroatoms. The summed E-state index contributed by atoms with van der Waals surface area (Å²) in [4.78, 5) is 9.35. The van der Waals surface area contributed by atoms with E-state index >= 15 is 0 Å². The molecule has 110 valence electrons. The fourth-order valence-corrected chi connectivity index (χ4v) is 2.66. The lowest BCUT2D eigenvalue weighted by Crippen LogP contribution is -2.07. The maximum absolute atomic E-state index is 4.73. The minimum absolute atomic E-state index is 0.529. The van der Waals surface area contributed by atoms with Crippen LogP contribution in [-0.2, 0) is 0 Å². The van der Waals surface area contributed by atoms with Gasteiger partial charge in [-0.25, -0.2) is 9.97 Å². The van der Waals surface area contributed by atoms with Gasteiger partial charge in [-0.1, -0.05) is 22.0 Å². The Morgan fingerprint density at radius 1 is 1.10 bits per heavy atom. The smallest absolute Gasteiger partial charge is 0.139 e. The Bertz CT molecular complexity index is 680. The minimum atomic E-state index is 0.529. The predicted molar refractivity (Wildman–Crippen MR) is 90.5 cm³/mol. The van der Waals surface area contributed by atoms with Crippen LogP contribution in [0.2, 0.25) is 0 Å². The molecule has 0 radical (unpaired) electrons. The number of benzene rings is 1. The van der Waals surface area contributed by atoms with Gasteiger partial charge in [0.15, 0.2) is 0 Å². The first-order chi connectivity index (χ1) is 10.1. The molecular formula is C16H19BrN4. The fourth-order valence-electron chi connectivity index (χ4n) is 2.29. The average Bonchev–Trinajstić information content (AvgIpc) is 3.30. The standard InChI is InChI=1S/C16H19BrN4/c1-9-12(17)5-4-6-13(9)19-15-10(2)14(18-3)20-16(21-15)11-7-8-11/h4-6,11H,7-8H2,1-3H3,(H2,18,19,20,21). The zero-order valence-corrected chi connectivity index (χ0v) is 14.1.